The van der Waals surface area contributed by atoms with E-state index in [4.69, 9.17) is 4.74 Å². The third-order valence-electron chi connectivity index (χ3n) is 2.76. The molecule has 0 saturated heterocycles. The summed E-state index contributed by atoms with van der Waals surface area (Å²) < 4.78 is 6.17. The van der Waals surface area contributed by atoms with Gasteiger partial charge in [-0.25, -0.2) is 9.97 Å². The third-order valence-corrected chi connectivity index (χ3v) is 5.53. The Balaban J connectivity index is 1.58. The zero-order valence-electron chi connectivity index (χ0n) is 12.0. The van der Waals surface area contributed by atoms with Crippen molar-refractivity contribution in [3.8, 4) is 0 Å². The van der Waals surface area contributed by atoms with E-state index in [-0.39, 0.29) is 0 Å². The lowest BCUT2D eigenvalue weighted by atomic mass is 10.4. The van der Waals surface area contributed by atoms with Gasteiger partial charge in [0.2, 0.25) is 5.13 Å². The maximum Gasteiger partial charge on any atom is 0.206 e. The smallest absolute Gasteiger partial charge is 0.206 e. The highest BCUT2D eigenvalue weighted by Gasteiger charge is 2.10. The van der Waals surface area contributed by atoms with Gasteiger partial charge in [-0.05, 0) is 36.6 Å². The first-order valence-electron chi connectivity index (χ1n) is 6.88. The molecule has 116 valence electrons. The Morgan fingerprint density at radius 2 is 2.27 bits per heavy atom. The van der Waals surface area contributed by atoms with Crippen LogP contribution in [-0.4, -0.2) is 39.9 Å². The summed E-state index contributed by atoms with van der Waals surface area (Å²) in [7, 11) is 0. The number of nitrogens with zero attached hydrogens (tertiary/aromatic N) is 4. The van der Waals surface area contributed by atoms with Gasteiger partial charge in [0.15, 0.2) is 4.34 Å². The maximum atomic E-state index is 5.30. The third kappa shape index (κ3) is 3.92. The minimum Gasteiger partial charge on any atom is -0.382 e. The van der Waals surface area contributed by atoms with Crippen molar-refractivity contribution >= 4 is 49.8 Å². The van der Waals surface area contributed by atoms with Crippen molar-refractivity contribution in [3.63, 3.8) is 0 Å². The predicted octanol–water partition coefficient (Wildman–Crippen LogP) is 3.53. The van der Waals surface area contributed by atoms with Gasteiger partial charge >= 0.3 is 0 Å². The molecule has 6 nitrogen and oxygen atoms in total. The number of rotatable bonds is 8. The van der Waals surface area contributed by atoms with Gasteiger partial charge in [-0.2, -0.15) is 0 Å². The molecule has 3 aromatic heterocycles. The van der Waals surface area contributed by atoms with Crippen LogP contribution < -0.4 is 5.32 Å². The SMILES string of the molecule is CCOCCCNc1nnc(Sc2ncnc3sccc23)s1. The van der Waals surface area contributed by atoms with Gasteiger partial charge in [-0.1, -0.05) is 11.3 Å². The van der Waals surface area contributed by atoms with Crippen molar-refractivity contribution in [1.82, 2.24) is 20.2 Å². The first-order valence-corrected chi connectivity index (χ1v) is 9.39. The van der Waals surface area contributed by atoms with Crippen molar-refractivity contribution in [3.05, 3.63) is 17.8 Å². The van der Waals surface area contributed by atoms with E-state index in [9.17, 15) is 0 Å². The summed E-state index contributed by atoms with van der Waals surface area (Å²) in [6.07, 6.45) is 2.55. The summed E-state index contributed by atoms with van der Waals surface area (Å²) in [5, 5.41) is 16.5. The first kappa shape index (κ1) is 15.6. The maximum absolute atomic E-state index is 5.30. The van der Waals surface area contributed by atoms with E-state index in [1.165, 1.54) is 23.1 Å². The summed E-state index contributed by atoms with van der Waals surface area (Å²) in [5.41, 5.74) is 0. The Morgan fingerprint density at radius 1 is 1.32 bits per heavy atom. The molecule has 9 heteroatoms. The van der Waals surface area contributed by atoms with Gasteiger partial charge in [0.1, 0.15) is 16.2 Å². The second-order valence-corrected chi connectivity index (χ2v) is 7.38. The molecule has 1 N–H and O–H groups in total. The molecule has 0 amide bonds. The second kappa shape index (κ2) is 7.82. The average molecular weight is 353 g/mol. The number of hydrogen-bond acceptors (Lipinski definition) is 9. The lowest BCUT2D eigenvalue weighted by Crippen LogP contribution is -2.05. The van der Waals surface area contributed by atoms with E-state index in [0.717, 1.165) is 50.9 Å². The molecule has 3 aromatic rings. The highest BCUT2D eigenvalue weighted by molar-refractivity contribution is 8.01. The highest BCUT2D eigenvalue weighted by atomic mass is 32.2. The van der Waals surface area contributed by atoms with E-state index in [1.807, 2.05) is 18.4 Å². The molecule has 0 aromatic carbocycles. The molecule has 0 spiro atoms. The summed E-state index contributed by atoms with van der Waals surface area (Å²) in [4.78, 5) is 9.59. The van der Waals surface area contributed by atoms with Crippen LogP contribution in [0.2, 0.25) is 0 Å². The lowest BCUT2D eigenvalue weighted by Gasteiger charge is -2.01. The van der Waals surface area contributed by atoms with E-state index in [1.54, 1.807) is 17.7 Å². The van der Waals surface area contributed by atoms with E-state index in [0.29, 0.717) is 0 Å². The van der Waals surface area contributed by atoms with Gasteiger partial charge < -0.3 is 10.1 Å². The zero-order chi connectivity index (χ0) is 15.2. The van der Waals surface area contributed by atoms with Crippen LogP contribution in [0.3, 0.4) is 0 Å². The van der Waals surface area contributed by atoms with E-state index >= 15 is 0 Å². The van der Waals surface area contributed by atoms with Crippen molar-refractivity contribution in [2.45, 2.75) is 22.7 Å². The Hall–Kier alpha value is -1.29. The largest absolute Gasteiger partial charge is 0.382 e. The summed E-state index contributed by atoms with van der Waals surface area (Å²) in [5.74, 6) is 0. The standard InChI is InChI=1S/C13H15N5OS3/c1-2-19-6-3-5-14-12-17-18-13(22-12)21-11-9-4-7-20-10(9)15-8-16-11/h4,7-8H,2-3,5-6H2,1H3,(H,14,17). The molecule has 0 saturated carbocycles. The number of thiophene rings is 1. The van der Waals surface area contributed by atoms with Crippen LogP contribution in [0.5, 0.6) is 0 Å². The summed E-state index contributed by atoms with van der Waals surface area (Å²) in [6.45, 7) is 4.36. The Kier molecular flexibility index (Phi) is 5.54. The molecule has 3 rings (SSSR count). The average Bonchev–Trinajstić information content (AvgIpc) is 3.17. The molecular formula is C13H15N5OS3. The molecule has 0 aliphatic rings. The van der Waals surface area contributed by atoms with Crippen LogP contribution in [0.4, 0.5) is 5.13 Å². The van der Waals surface area contributed by atoms with Gasteiger partial charge in [-0.15, -0.1) is 21.5 Å². The quantitative estimate of drug-likeness (QED) is 0.490. The molecular weight excluding hydrogens is 338 g/mol. The molecule has 0 atom stereocenters. The van der Waals surface area contributed by atoms with Crippen molar-refractivity contribution in [2.75, 3.05) is 25.1 Å². The van der Waals surface area contributed by atoms with E-state index < -0.39 is 0 Å². The molecule has 0 aliphatic carbocycles. The van der Waals surface area contributed by atoms with Crippen LogP contribution in [0.1, 0.15) is 13.3 Å². The lowest BCUT2D eigenvalue weighted by molar-refractivity contribution is 0.147. The molecule has 0 aliphatic heterocycles. The molecule has 0 bridgehead atoms. The van der Waals surface area contributed by atoms with E-state index in [2.05, 4.69) is 25.5 Å². The van der Waals surface area contributed by atoms with Crippen LogP contribution in [-0.2, 0) is 4.74 Å². The summed E-state index contributed by atoms with van der Waals surface area (Å²) in [6, 6.07) is 2.04. The fourth-order valence-electron chi connectivity index (χ4n) is 1.77. The minimum absolute atomic E-state index is 0.760. The second-order valence-electron chi connectivity index (χ2n) is 4.27. The number of anilines is 1. The normalized spacial score (nSPS) is 11.1. The molecule has 0 fully saturated rings. The topological polar surface area (TPSA) is 72.8 Å². The zero-order valence-corrected chi connectivity index (χ0v) is 14.4. The van der Waals surface area contributed by atoms with Crippen LogP contribution >= 0.6 is 34.4 Å². The monoisotopic (exact) mass is 353 g/mol. The Labute approximate surface area is 140 Å². The molecule has 0 unspecified atom stereocenters. The number of fused-ring (bicyclic) bond motifs is 1. The number of nitrogens with one attached hydrogen (secondary N) is 1. The van der Waals surface area contributed by atoms with Gasteiger partial charge in [0.25, 0.3) is 0 Å². The van der Waals surface area contributed by atoms with Crippen LogP contribution in [0.25, 0.3) is 10.2 Å². The van der Waals surface area contributed by atoms with Crippen molar-refractivity contribution < 1.29 is 4.74 Å². The minimum atomic E-state index is 0.760. The number of aromatic nitrogens is 4. The first-order chi connectivity index (χ1) is 10.9. The number of ether oxygens (including phenoxy) is 1. The Morgan fingerprint density at radius 3 is 3.18 bits per heavy atom. The highest BCUT2D eigenvalue weighted by Crippen LogP contribution is 2.35. The van der Waals surface area contributed by atoms with Crippen molar-refractivity contribution in [2.24, 2.45) is 0 Å². The van der Waals surface area contributed by atoms with Crippen LogP contribution in [0.15, 0.2) is 27.1 Å². The van der Waals surface area contributed by atoms with Gasteiger partial charge in [-0.3, -0.25) is 0 Å². The summed E-state index contributed by atoms with van der Waals surface area (Å²) >= 11 is 4.67. The van der Waals surface area contributed by atoms with Crippen LogP contribution in [0, 0.1) is 0 Å². The van der Waals surface area contributed by atoms with Gasteiger partial charge in [0, 0.05) is 25.1 Å². The fourth-order valence-corrected chi connectivity index (χ4v) is 4.33. The van der Waals surface area contributed by atoms with Gasteiger partial charge in [0.05, 0.1) is 0 Å². The Bertz CT molecular complexity index is 729. The number of hydrogen-bond donors (Lipinski definition) is 1. The fraction of sp³-hybridized carbons (Fsp3) is 0.385. The predicted molar refractivity (Wildman–Crippen MR) is 91.0 cm³/mol. The molecule has 22 heavy (non-hydrogen) atoms. The molecule has 0 radical (unpaired) electrons. The van der Waals surface area contributed by atoms with Crippen molar-refractivity contribution in [1.29, 1.82) is 0 Å². The molecule has 3 heterocycles.